The molecule has 0 unspecified atom stereocenters. The first-order chi connectivity index (χ1) is 16.0. The van der Waals surface area contributed by atoms with Crippen LogP contribution in [0.5, 0.6) is 17.2 Å². The topological polar surface area (TPSA) is 121 Å². The van der Waals surface area contributed by atoms with Gasteiger partial charge in [0.1, 0.15) is 17.2 Å². The van der Waals surface area contributed by atoms with Crippen LogP contribution in [0, 0.1) is 0 Å². The van der Waals surface area contributed by atoms with Gasteiger partial charge in [-0.05, 0) is 35.9 Å². The summed E-state index contributed by atoms with van der Waals surface area (Å²) in [6.45, 7) is 3.68. The van der Waals surface area contributed by atoms with E-state index in [2.05, 4.69) is 25.0 Å². The Hall–Kier alpha value is -3.92. The lowest BCUT2D eigenvalue weighted by Gasteiger charge is -2.35. The van der Waals surface area contributed by atoms with Crippen LogP contribution in [0.1, 0.15) is 16.1 Å². The Labute approximate surface area is 191 Å². The number of aromatic carboxylic acids is 1. The molecule has 0 bridgehead atoms. The summed E-state index contributed by atoms with van der Waals surface area (Å²) in [4.78, 5) is 19.4. The van der Waals surface area contributed by atoms with Crippen molar-refractivity contribution in [1.29, 1.82) is 0 Å². The van der Waals surface area contributed by atoms with Gasteiger partial charge in [-0.1, -0.05) is 0 Å². The molecule has 0 aliphatic carbocycles. The molecule has 2 aromatic heterocycles. The van der Waals surface area contributed by atoms with Gasteiger partial charge in [-0.15, -0.1) is 10.2 Å². The molecule has 10 nitrogen and oxygen atoms in total. The van der Waals surface area contributed by atoms with Crippen LogP contribution in [0.25, 0.3) is 11.1 Å². The van der Waals surface area contributed by atoms with Crippen LogP contribution in [0.3, 0.4) is 0 Å². The van der Waals surface area contributed by atoms with Crippen molar-refractivity contribution in [2.24, 2.45) is 0 Å². The lowest BCUT2D eigenvalue weighted by Crippen LogP contribution is -2.46. The van der Waals surface area contributed by atoms with E-state index in [1.165, 1.54) is 12.3 Å². The molecule has 10 heteroatoms. The molecule has 1 saturated heterocycles. The number of piperazine rings is 1. The van der Waals surface area contributed by atoms with Gasteiger partial charge in [0.15, 0.2) is 11.5 Å². The molecule has 0 amide bonds. The van der Waals surface area contributed by atoms with Gasteiger partial charge in [-0.2, -0.15) is 0 Å². The molecule has 0 atom stereocenters. The summed E-state index contributed by atoms with van der Waals surface area (Å²) >= 11 is 0. The Bertz CT molecular complexity index is 1110. The fraction of sp³-hybridized carbons (Fsp3) is 0.304. The molecule has 172 valence electrons. The maximum atomic E-state index is 11.0. The number of carboxylic acid groups (broad SMARTS) is 1. The minimum atomic E-state index is -1.09. The van der Waals surface area contributed by atoms with Crippen LogP contribution in [0.15, 0.2) is 42.7 Å². The van der Waals surface area contributed by atoms with Gasteiger partial charge in [0.05, 0.1) is 26.0 Å². The number of ether oxygens (including phenoxy) is 2. The van der Waals surface area contributed by atoms with Crippen molar-refractivity contribution in [2.45, 2.75) is 6.54 Å². The van der Waals surface area contributed by atoms with Gasteiger partial charge in [0, 0.05) is 44.5 Å². The van der Waals surface area contributed by atoms with E-state index < -0.39 is 5.97 Å². The number of aromatic hydroxyl groups is 1. The summed E-state index contributed by atoms with van der Waals surface area (Å²) in [7, 11) is 3.25. The number of aromatic nitrogens is 3. The molecule has 1 aromatic carbocycles. The van der Waals surface area contributed by atoms with E-state index in [9.17, 15) is 9.90 Å². The average molecular weight is 451 g/mol. The molecule has 0 radical (unpaired) electrons. The predicted molar refractivity (Wildman–Crippen MR) is 121 cm³/mol. The summed E-state index contributed by atoms with van der Waals surface area (Å²) in [5.41, 5.74) is 2.48. The fourth-order valence-electron chi connectivity index (χ4n) is 3.86. The summed E-state index contributed by atoms with van der Waals surface area (Å²) in [6.07, 6.45) is 3.07. The molecule has 1 aliphatic rings. The quantitative estimate of drug-likeness (QED) is 0.553. The number of hydrogen-bond donors (Lipinski definition) is 2. The van der Waals surface area contributed by atoms with Crippen molar-refractivity contribution in [3.63, 3.8) is 0 Å². The van der Waals surface area contributed by atoms with Crippen molar-refractivity contribution < 1.29 is 24.5 Å². The highest BCUT2D eigenvalue weighted by Gasteiger charge is 2.22. The molecule has 0 spiro atoms. The van der Waals surface area contributed by atoms with Gasteiger partial charge >= 0.3 is 5.97 Å². The minimum absolute atomic E-state index is 0.0680. The highest BCUT2D eigenvalue weighted by atomic mass is 16.5. The van der Waals surface area contributed by atoms with E-state index in [1.807, 2.05) is 12.1 Å². The number of pyridine rings is 1. The van der Waals surface area contributed by atoms with Crippen LogP contribution < -0.4 is 14.4 Å². The van der Waals surface area contributed by atoms with Gasteiger partial charge in [0.25, 0.3) is 0 Å². The summed E-state index contributed by atoms with van der Waals surface area (Å²) in [5, 5.41) is 26.6. The first kappa shape index (κ1) is 22.3. The molecule has 4 rings (SSSR count). The average Bonchev–Trinajstić information content (AvgIpc) is 2.84. The molecule has 33 heavy (non-hydrogen) atoms. The van der Waals surface area contributed by atoms with E-state index >= 15 is 0 Å². The molecule has 2 N–H and O–H groups in total. The summed E-state index contributed by atoms with van der Waals surface area (Å²) in [5.74, 6) is 1.07. The van der Waals surface area contributed by atoms with Crippen molar-refractivity contribution in [3.8, 4) is 28.4 Å². The van der Waals surface area contributed by atoms with Gasteiger partial charge in [-0.25, -0.2) is 4.79 Å². The van der Waals surface area contributed by atoms with Crippen LogP contribution in [0.2, 0.25) is 0 Å². The molecule has 3 heterocycles. The zero-order valence-corrected chi connectivity index (χ0v) is 18.4. The highest BCUT2D eigenvalue weighted by molar-refractivity contribution is 5.85. The summed E-state index contributed by atoms with van der Waals surface area (Å²) in [6, 6.07) is 8.64. The number of methoxy groups -OCH3 is 2. The fourth-order valence-corrected chi connectivity index (χ4v) is 3.86. The van der Waals surface area contributed by atoms with Crippen molar-refractivity contribution in [2.75, 3.05) is 45.3 Å². The van der Waals surface area contributed by atoms with E-state index in [0.29, 0.717) is 23.9 Å². The zero-order valence-electron chi connectivity index (χ0n) is 18.4. The Morgan fingerprint density at radius 3 is 2.21 bits per heavy atom. The molecular weight excluding hydrogens is 426 g/mol. The van der Waals surface area contributed by atoms with Crippen molar-refractivity contribution in [3.05, 3.63) is 54.0 Å². The third-order valence-electron chi connectivity index (χ3n) is 5.61. The second-order valence-electron chi connectivity index (χ2n) is 7.64. The van der Waals surface area contributed by atoms with E-state index in [4.69, 9.17) is 14.6 Å². The van der Waals surface area contributed by atoms with E-state index in [-0.39, 0.29) is 11.4 Å². The van der Waals surface area contributed by atoms with Crippen molar-refractivity contribution >= 4 is 11.8 Å². The van der Waals surface area contributed by atoms with Gasteiger partial charge < -0.3 is 24.6 Å². The maximum absolute atomic E-state index is 11.0. The summed E-state index contributed by atoms with van der Waals surface area (Å²) < 4.78 is 11.4. The number of benzene rings is 1. The number of carbonyl (C=O) groups is 1. The highest BCUT2D eigenvalue weighted by Crippen LogP contribution is 2.36. The molecule has 0 saturated carbocycles. The Balaban J connectivity index is 1.48. The largest absolute Gasteiger partial charge is 0.506 e. The first-order valence-electron chi connectivity index (χ1n) is 10.4. The van der Waals surface area contributed by atoms with Crippen LogP contribution in [-0.4, -0.2) is 76.7 Å². The van der Waals surface area contributed by atoms with E-state index in [0.717, 1.165) is 42.9 Å². The zero-order chi connectivity index (χ0) is 23.4. The Kier molecular flexibility index (Phi) is 6.55. The minimum Gasteiger partial charge on any atom is -0.506 e. The smallest absolute Gasteiger partial charge is 0.356 e. The second kappa shape index (κ2) is 9.70. The first-order valence-corrected chi connectivity index (χ1v) is 10.4. The number of nitrogens with zero attached hydrogens (tertiary/aromatic N) is 5. The Morgan fingerprint density at radius 1 is 0.970 bits per heavy atom. The lowest BCUT2D eigenvalue weighted by molar-refractivity contribution is 0.0689. The van der Waals surface area contributed by atoms with Crippen LogP contribution in [0.4, 0.5) is 5.82 Å². The lowest BCUT2D eigenvalue weighted by atomic mass is 10.0. The van der Waals surface area contributed by atoms with Crippen LogP contribution in [-0.2, 0) is 6.54 Å². The van der Waals surface area contributed by atoms with Crippen LogP contribution >= 0.6 is 0 Å². The van der Waals surface area contributed by atoms with Gasteiger partial charge in [-0.3, -0.25) is 9.88 Å². The second-order valence-corrected chi connectivity index (χ2v) is 7.64. The van der Waals surface area contributed by atoms with E-state index in [1.54, 1.807) is 32.5 Å². The number of anilines is 1. The third-order valence-corrected chi connectivity index (χ3v) is 5.61. The molecule has 1 aliphatic heterocycles. The third kappa shape index (κ3) is 4.96. The molecular formula is C23H25N5O5. The molecule has 3 aromatic rings. The monoisotopic (exact) mass is 451 g/mol. The number of hydrogen-bond acceptors (Lipinski definition) is 9. The molecule has 1 fully saturated rings. The van der Waals surface area contributed by atoms with Crippen molar-refractivity contribution in [1.82, 2.24) is 20.1 Å². The Morgan fingerprint density at radius 2 is 1.67 bits per heavy atom. The number of carboxylic acids is 1. The number of rotatable bonds is 7. The van der Waals surface area contributed by atoms with Gasteiger partial charge in [0.2, 0.25) is 0 Å². The standard InChI is InChI=1S/C23H25N5O5/c1-32-20-10-15(16-9-17(29)13-24-12-16)11-21(33-2)18(20)14-27-5-7-28(8-6-27)22-4-3-19(23(30)31)25-26-22/h3-4,9-13,29H,5-8,14H2,1-2H3,(H,30,31). The SMILES string of the molecule is COc1cc(-c2cncc(O)c2)cc(OC)c1CN1CCN(c2ccc(C(=O)O)nn2)CC1. The normalized spacial score (nSPS) is 14.2. The predicted octanol–water partition coefficient (Wildman–Crippen LogP) is 2.28. The maximum Gasteiger partial charge on any atom is 0.356 e.